The second kappa shape index (κ2) is 5.08. The van der Waals surface area contributed by atoms with Gasteiger partial charge < -0.3 is 0 Å². The monoisotopic (exact) mass is 395 g/mol. The lowest BCUT2D eigenvalue weighted by atomic mass is 10.3. The van der Waals surface area contributed by atoms with E-state index in [1.807, 2.05) is 22.6 Å². The Balaban J connectivity index is 2.42. The predicted molar refractivity (Wildman–Crippen MR) is 78.0 cm³/mol. The second-order valence-corrected chi connectivity index (χ2v) is 6.77. The van der Waals surface area contributed by atoms with Crippen molar-refractivity contribution < 1.29 is 12.8 Å². The van der Waals surface area contributed by atoms with Crippen LogP contribution in [0.4, 0.5) is 10.1 Å². The van der Waals surface area contributed by atoms with Crippen LogP contribution in [0.15, 0.2) is 23.1 Å². The summed E-state index contributed by atoms with van der Waals surface area (Å²) in [6.07, 6.45) is 0. The van der Waals surface area contributed by atoms with Gasteiger partial charge in [-0.2, -0.15) is 5.10 Å². The molecule has 102 valence electrons. The molecule has 8 heteroatoms. The van der Waals surface area contributed by atoms with Crippen molar-refractivity contribution in [1.82, 2.24) is 10.2 Å². The van der Waals surface area contributed by atoms with Crippen molar-refractivity contribution in [3.05, 3.63) is 39.0 Å². The Kier molecular flexibility index (Phi) is 3.81. The summed E-state index contributed by atoms with van der Waals surface area (Å²) < 4.78 is 40.5. The lowest BCUT2D eigenvalue weighted by Crippen LogP contribution is -2.15. The molecule has 0 unspecified atom stereocenters. The Bertz CT molecular complexity index is 708. The fourth-order valence-corrected chi connectivity index (χ4v) is 3.95. The van der Waals surface area contributed by atoms with E-state index in [0.717, 1.165) is 0 Å². The molecule has 0 bridgehead atoms. The van der Waals surface area contributed by atoms with Crippen LogP contribution in [0.2, 0.25) is 0 Å². The van der Waals surface area contributed by atoms with Crippen LogP contribution in [-0.2, 0) is 10.0 Å². The number of hydrogen-bond acceptors (Lipinski definition) is 3. The van der Waals surface area contributed by atoms with Crippen molar-refractivity contribution >= 4 is 38.3 Å². The van der Waals surface area contributed by atoms with E-state index in [9.17, 15) is 12.8 Å². The second-order valence-electron chi connectivity index (χ2n) is 3.99. The molecule has 2 aromatic rings. The van der Waals surface area contributed by atoms with E-state index in [1.54, 1.807) is 13.8 Å². The minimum Gasteiger partial charge on any atom is -0.281 e. The van der Waals surface area contributed by atoms with Gasteiger partial charge in [-0.3, -0.25) is 9.82 Å². The fourth-order valence-electron chi connectivity index (χ4n) is 1.70. The van der Waals surface area contributed by atoms with E-state index in [0.29, 0.717) is 20.6 Å². The molecule has 0 radical (unpaired) electrons. The molecule has 0 fully saturated rings. The third-order valence-corrected chi connectivity index (χ3v) is 5.02. The third kappa shape index (κ3) is 2.89. The van der Waals surface area contributed by atoms with Crippen molar-refractivity contribution in [2.24, 2.45) is 0 Å². The first kappa shape index (κ1) is 14.3. The van der Waals surface area contributed by atoms with E-state index < -0.39 is 15.8 Å². The largest absolute Gasteiger partial charge is 0.281 e. The molecule has 0 amide bonds. The highest BCUT2D eigenvalue weighted by atomic mass is 127. The van der Waals surface area contributed by atoms with Gasteiger partial charge in [0.15, 0.2) is 0 Å². The van der Waals surface area contributed by atoms with Crippen LogP contribution in [0.1, 0.15) is 11.4 Å². The standard InChI is InChI=1S/C11H11FIN3O2S/c1-6-11(7(2)15-14-6)19(17,18)16-10-4-3-8(12)5-9(10)13/h3-5,16H,1-2H3,(H,14,15). The first-order valence-corrected chi connectivity index (χ1v) is 7.87. The van der Waals surface area contributed by atoms with Gasteiger partial charge >= 0.3 is 0 Å². The van der Waals surface area contributed by atoms with Crippen LogP contribution in [0.5, 0.6) is 0 Å². The topological polar surface area (TPSA) is 74.8 Å². The van der Waals surface area contributed by atoms with E-state index in [4.69, 9.17) is 0 Å². The number of benzene rings is 1. The van der Waals surface area contributed by atoms with Gasteiger partial charge in [-0.1, -0.05) is 0 Å². The van der Waals surface area contributed by atoms with Crippen LogP contribution in [0, 0.1) is 23.2 Å². The van der Waals surface area contributed by atoms with Crippen LogP contribution in [-0.4, -0.2) is 18.6 Å². The predicted octanol–water partition coefficient (Wildman–Crippen LogP) is 2.57. The van der Waals surface area contributed by atoms with Gasteiger partial charge in [-0.15, -0.1) is 0 Å². The first-order chi connectivity index (χ1) is 8.81. The summed E-state index contributed by atoms with van der Waals surface area (Å²) in [5.41, 5.74) is 1.19. The number of aromatic nitrogens is 2. The Morgan fingerprint density at radius 2 is 2.05 bits per heavy atom. The zero-order chi connectivity index (χ0) is 14.2. The molecule has 0 saturated heterocycles. The number of nitrogens with zero attached hydrogens (tertiary/aromatic N) is 1. The molecule has 19 heavy (non-hydrogen) atoms. The van der Waals surface area contributed by atoms with Gasteiger partial charge in [0.25, 0.3) is 10.0 Å². The van der Waals surface area contributed by atoms with Gasteiger partial charge in [0, 0.05) is 3.57 Å². The molecular formula is C11H11FIN3O2S. The average molecular weight is 395 g/mol. The summed E-state index contributed by atoms with van der Waals surface area (Å²) in [7, 11) is -3.74. The Morgan fingerprint density at radius 1 is 1.37 bits per heavy atom. The summed E-state index contributed by atoms with van der Waals surface area (Å²) in [6, 6.07) is 3.85. The molecule has 0 aliphatic rings. The van der Waals surface area contributed by atoms with Crippen molar-refractivity contribution in [3.63, 3.8) is 0 Å². The van der Waals surface area contributed by atoms with Crippen LogP contribution < -0.4 is 4.72 Å². The number of nitrogens with one attached hydrogen (secondary N) is 2. The maximum Gasteiger partial charge on any atom is 0.265 e. The Labute approximate surface area is 123 Å². The maximum absolute atomic E-state index is 13.0. The number of hydrogen-bond donors (Lipinski definition) is 2. The van der Waals surface area contributed by atoms with E-state index in [1.165, 1.54) is 18.2 Å². The molecule has 5 nitrogen and oxygen atoms in total. The molecule has 1 heterocycles. The number of anilines is 1. The summed E-state index contributed by atoms with van der Waals surface area (Å²) in [5, 5.41) is 6.48. The molecule has 1 aromatic carbocycles. The van der Waals surface area contributed by atoms with Gasteiger partial charge in [-0.05, 0) is 54.6 Å². The molecule has 0 saturated carbocycles. The molecule has 2 rings (SSSR count). The summed E-state index contributed by atoms with van der Waals surface area (Å²) in [4.78, 5) is 0.118. The molecule has 0 aliphatic carbocycles. The van der Waals surface area contributed by atoms with Crippen molar-refractivity contribution in [3.8, 4) is 0 Å². The number of rotatable bonds is 3. The number of aryl methyl sites for hydroxylation is 2. The zero-order valence-electron chi connectivity index (χ0n) is 10.2. The fraction of sp³-hybridized carbons (Fsp3) is 0.182. The molecule has 2 N–H and O–H groups in total. The SMILES string of the molecule is Cc1n[nH]c(C)c1S(=O)(=O)Nc1ccc(F)cc1I. The van der Waals surface area contributed by atoms with Gasteiger partial charge in [0.1, 0.15) is 10.7 Å². The summed E-state index contributed by atoms with van der Waals surface area (Å²) >= 11 is 1.87. The molecular weight excluding hydrogens is 384 g/mol. The van der Waals surface area contributed by atoms with Gasteiger partial charge in [-0.25, -0.2) is 12.8 Å². The number of sulfonamides is 1. The van der Waals surface area contributed by atoms with Crippen molar-refractivity contribution in [1.29, 1.82) is 0 Å². The van der Waals surface area contributed by atoms with Crippen molar-refractivity contribution in [2.75, 3.05) is 4.72 Å². The summed E-state index contributed by atoms with van der Waals surface area (Å²) in [6.45, 7) is 3.23. The van der Waals surface area contributed by atoms with Crippen LogP contribution >= 0.6 is 22.6 Å². The lowest BCUT2D eigenvalue weighted by molar-refractivity contribution is 0.600. The van der Waals surface area contributed by atoms with Crippen molar-refractivity contribution in [2.45, 2.75) is 18.7 Å². The number of halogens is 2. The smallest absolute Gasteiger partial charge is 0.265 e. The minimum absolute atomic E-state index is 0.118. The highest BCUT2D eigenvalue weighted by molar-refractivity contribution is 14.1. The first-order valence-electron chi connectivity index (χ1n) is 5.30. The lowest BCUT2D eigenvalue weighted by Gasteiger charge is -2.09. The minimum atomic E-state index is -3.74. The number of H-pyrrole nitrogens is 1. The molecule has 0 spiro atoms. The highest BCUT2D eigenvalue weighted by Crippen LogP contribution is 2.24. The van der Waals surface area contributed by atoms with Crippen LogP contribution in [0.3, 0.4) is 0 Å². The van der Waals surface area contributed by atoms with E-state index >= 15 is 0 Å². The molecule has 0 aliphatic heterocycles. The van der Waals surface area contributed by atoms with E-state index in [2.05, 4.69) is 14.9 Å². The average Bonchev–Trinajstić information content (AvgIpc) is 2.63. The quantitative estimate of drug-likeness (QED) is 0.785. The third-order valence-electron chi connectivity index (χ3n) is 2.50. The zero-order valence-corrected chi connectivity index (χ0v) is 13.1. The molecule has 1 aromatic heterocycles. The normalized spacial score (nSPS) is 11.6. The number of aromatic amines is 1. The van der Waals surface area contributed by atoms with Gasteiger partial charge in [0.05, 0.1) is 17.1 Å². The van der Waals surface area contributed by atoms with Gasteiger partial charge in [0.2, 0.25) is 0 Å². The maximum atomic E-state index is 13.0. The van der Waals surface area contributed by atoms with E-state index in [-0.39, 0.29) is 4.90 Å². The summed E-state index contributed by atoms with van der Waals surface area (Å²) in [5.74, 6) is -0.414. The van der Waals surface area contributed by atoms with Crippen LogP contribution in [0.25, 0.3) is 0 Å². The molecule has 0 atom stereocenters. The Hall–Kier alpha value is -1.16. The highest BCUT2D eigenvalue weighted by Gasteiger charge is 2.23. The Morgan fingerprint density at radius 3 is 2.58 bits per heavy atom.